The first kappa shape index (κ1) is 11.3. The summed E-state index contributed by atoms with van der Waals surface area (Å²) in [5, 5.41) is 3.36. The molecule has 0 aromatic rings. The van der Waals surface area contributed by atoms with Crippen LogP contribution in [0.1, 0.15) is 19.3 Å². The fourth-order valence-corrected chi connectivity index (χ4v) is 3.21. The van der Waals surface area contributed by atoms with Crippen LogP contribution in [0.15, 0.2) is 0 Å². The highest BCUT2D eigenvalue weighted by Crippen LogP contribution is 2.19. The third-order valence-electron chi connectivity index (χ3n) is 3.25. The number of nitrogens with one attached hydrogen (secondary N) is 1. The molecule has 0 radical (unpaired) electrons. The summed E-state index contributed by atoms with van der Waals surface area (Å²) in [6.07, 6.45) is 3.26. The second-order valence-electron chi connectivity index (χ2n) is 4.32. The molecule has 1 atom stereocenters. The SMILES string of the molecule is O=C([C@@H]1CCCNCC1)N1CCSCC1. The van der Waals surface area contributed by atoms with E-state index in [4.69, 9.17) is 0 Å². The lowest BCUT2D eigenvalue weighted by Gasteiger charge is -2.29. The monoisotopic (exact) mass is 228 g/mol. The first-order chi connectivity index (χ1) is 7.38. The van der Waals surface area contributed by atoms with Gasteiger partial charge in [-0.2, -0.15) is 11.8 Å². The number of thioether (sulfide) groups is 1. The highest BCUT2D eigenvalue weighted by atomic mass is 32.2. The Hall–Kier alpha value is -0.220. The molecule has 2 aliphatic heterocycles. The van der Waals surface area contributed by atoms with Crippen LogP contribution in [0, 0.1) is 5.92 Å². The van der Waals surface area contributed by atoms with E-state index in [2.05, 4.69) is 10.2 Å². The standard InChI is InChI=1S/C11H20N2OS/c14-11(13-6-8-15-9-7-13)10-2-1-4-12-5-3-10/h10,12H,1-9H2/t10-/m1/s1. The van der Waals surface area contributed by atoms with E-state index in [0.29, 0.717) is 11.8 Å². The van der Waals surface area contributed by atoms with Crippen LogP contribution < -0.4 is 5.32 Å². The fraction of sp³-hybridized carbons (Fsp3) is 0.909. The zero-order valence-electron chi connectivity index (χ0n) is 9.21. The molecule has 2 rings (SSSR count). The summed E-state index contributed by atoms with van der Waals surface area (Å²) in [4.78, 5) is 14.3. The smallest absolute Gasteiger partial charge is 0.225 e. The van der Waals surface area contributed by atoms with E-state index in [-0.39, 0.29) is 0 Å². The molecule has 3 nitrogen and oxygen atoms in total. The van der Waals surface area contributed by atoms with E-state index in [1.54, 1.807) is 0 Å². The summed E-state index contributed by atoms with van der Waals surface area (Å²) < 4.78 is 0. The zero-order chi connectivity index (χ0) is 10.5. The van der Waals surface area contributed by atoms with Gasteiger partial charge in [-0.1, -0.05) is 0 Å². The van der Waals surface area contributed by atoms with Crippen molar-refractivity contribution in [3.8, 4) is 0 Å². The predicted octanol–water partition coefficient (Wildman–Crippen LogP) is 0.951. The third kappa shape index (κ3) is 3.11. The van der Waals surface area contributed by atoms with Gasteiger partial charge in [0.05, 0.1) is 0 Å². The highest BCUT2D eigenvalue weighted by Gasteiger charge is 2.25. The molecule has 2 fully saturated rings. The largest absolute Gasteiger partial charge is 0.341 e. The summed E-state index contributed by atoms with van der Waals surface area (Å²) >= 11 is 1.96. The maximum Gasteiger partial charge on any atom is 0.225 e. The number of carbonyl (C=O) groups is 1. The van der Waals surface area contributed by atoms with E-state index in [9.17, 15) is 4.79 Å². The van der Waals surface area contributed by atoms with Crippen molar-refractivity contribution < 1.29 is 4.79 Å². The summed E-state index contributed by atoms with van der Waals surface area (Å²) in [7, 11) is 0. The number of nitrogens with zero attached hydrogens (tertiary/aromatic N) is 1. The van der Waals surface area contributed by atoms with Gasteiger partial charge in [0, 0.05) is 30.5 Å². The Balaban J connectivity index is 1.87. The second-order valence-corrected chi connectivity index (χ2v) is 5.54. The Morgan fingerprint density at radius 2 is 2.00 bits per heavy atom. The van der Waals surface area contributed by atoms with Crippen molar-refractivity contribution in [2.45, 2.75) is 19.3 Å². The first-order valence-electron chi connectivity index (χ1n) is 5.95. The van der Waals surface area contributed by atoms with Crippen LogP contribution in [0.2, 0.25) is 0 Å². The Kier molecular flexibility index (Phi) is 4.32. The normalized spacial score (nSPS) is 28.5. The van der Waals surface area contributed by atoms with Gasteiger partial charge < -0.3 is 10.2 Å². The van der Waals surface area contributed by atoms with Crippen molar-refractivity contribution in [3.63, 3.8) is 0 Å². The Morgan fingerprint density at radius 1 is 1.20 bits per heavy atom. The minimum absolute atomic E-state index is 0.295. The van der Waals surface area contributed by atoms with E-state index in [0.717, 1.165) is 56.9 Å². The van der Waals surface area contributed by atoms with Crippen molar-refractivity contribution >= 4 is 17.7 Å². The second kappa shape index (κ2) is 5.75. The Morgan fingerprint density at radius 3 is 2.80 bits per heavy atom. The van der Waals surface area contributed by atoms with E-state index >= 15 is 0 Å². The molecule has 0 spiro atoms. The van der Waals surface area contributed by atoms with Crippen LogP contribution in [0.3, 0.4) is 0 Å². The van der Waals surface area contributed by atoms with E-state index in [1.165, 1.54) is 0 Å². The summed E-state index contributed by atoms with van der Waals surface area (Å²) in [6, 6.07) is 0. The molecule has 0 bridgehead atoms. The topological polar surface area (TPSA) is 32.3 Å². The van der Waals surface area contributed by atoms with Gasteiger partial charge in [-0.15, -0.1) is 0 Å². The van der Waals surface area contributed by atoms with Gasteiger partial charge >= 0.3 is 0 Å². The van der Waals surface area contributed by atoms with Gasteiger partial charge in [-0.25, -0.2) is 0 Å². The number of hydrogen-bond donors (Lipinski definition) is 1. The molecule has 0 aromatic heterocycles. The van der Waals surface area contributed by atoms with Crippen LogP contribution in [0.5, 0.6) is 0 Å². The molecule has 0 aliphatic carbocycles. The average molecular weight is 228 g/mol. The van der Waals surface area contributed by atoms with Gasteiger partial charge in [0.2, 0.25) is 5.91 Å². The van der Waals surface area contributed by atoms with Gasteiger partial charge in [0.25, 0.3) is 0 Å². The molecule has 86 valence electrons. The van der Waals surface area contributed by atoms with Crippen LogP contribution in [-0.4, -0.2) is 48.5 Å². The Labute approximate surface area is 96.0 Å². The molecule has 0 saturated carbocycles. The van der Waals surface area contributed by atoms with Crippen molar-refractivity contribution in [1.29, 1.82) is 0 Å². The van der Waals surface area contributed by atoms with Crippen molar-refractivity contribution in [2.75, 3.05) is 37.7 Å². The fourth-order valence-electron chi connectivity index (χ4n) is 2.31. The van der Waals surface area contributed by atoms with Crippen LogP contribution in [-0.2, 0) is 4.79 Å². The minimum Gasteiger partial charge on any atom is -0.341 e. The number of carbonyl (C=O) groups excluding carboxylic acids is 1. The first-order valence-corrected chi connectivity index (χ1v) is 7.10. The molecule has 1 amide bonds. The molecule has 2 saturated heterocycles. The number of rotatable bonds is 1. The third-order valence-corrected chi connectivity index (χ3v) is 4.19. The maximum absolute atomic E-state index is 12.2. The summed E-state index contributed by atoms with van der Waals surface area (Å²) in [5.74, 6) is 2.95. The van der Waals surface area contributed by atoms with Crippen molar-refractivity contribution in [3.05, 3.63) is 0 Å². The van der Waals surface area contributed by atoms with Gasteiger partial charge in [-0.3, -0.25) is 4.79 Å². The molecule has 1 N–H and O–H groups in total. The maximum atomic E-state index is 12.2. The van der Waals surface area contributed by atoms with E-state index in [1.807, 2.05) is 11.8 Å². The van der Waals surface area contributed by atoms with Gasteiger partial charge in [0.1, 0.15) is 0 Å². The number of hydrogen-bond acceptors (Lipinski definition) is 3. The molecule has 0 unspecified atom stereocenters. The van der Waals surface area contributed by atoms with Crippen LogP contribution in [0.25, 0.3) is 0 Å². The molecule has 2 heterocycles. The minimum atomic E-state index is 0.295. The lowest BCUT2D eigenvalue weighted by atomic mass is 9.99. The van der Waals surface area contributed by atoms with Gasteiger partial charge in [0.15, 0.2) is 0 Å². The van der Waals surface area contributed by atoms with Crippen molar-refractivity contribution in [1.82, 2.24) is 10.2 Å². The van der Waals surface area contributed by atoms with E-state index < -0.39 is 0 Å². The summed E-state index contributed by atoms with van der Waals surface area (Å²) in [5.41, 5.74) is 0. The zero-order valence-corrected chi connectivity index (χ0v) is 10.0. The summed E-state index contributed by atoms with van der Waals surface area (Å²) in [6.45, 7) is 4.03. The molecular formula is C11H20N2OS. The highest BCUT2D eigenvalue weighted by molar-refractivity contribution is 7.99. The number of amides is 1. The lowest BCUT2D eigenvalue weighted by molar-refractivity contribution is -0.135. The molecule has 2 aliphatic rings. The quantitative estimate of drug-likeness (QED) is 0.725. The molecule has 0 aromatic carbocycles. The lowest BCUT2D eigenvalue weighted by Crippen LogP contribution is -2.41. The molecule has 15 heavy (non-hydrogen) atoms. The Bertz CT molecular complexity index is 209. The van der Waals surface area contributed by atoms with Gasteiger partial charge in [-0.05, 0) is 32.4 Å². The predicted molar refractivity (Wildman–Crippen MR) is 64.1 cm³/mol. The van der Waals surface area contributed by atoms with Crippen molar-refractivity contribution in [2.24, 2.45) is 5.92 Å². The van der Waals surface area contributed by atoms with Crippen LogP contribution in [0.4, 0.5) is 0 Å². The molecular weight excluding hydrogens is 208 g/mol. The van der Waals surface area contributed by atoms with Crippen LogP contribution >= 0.6 is 11.8 Å². The average Bonchev–Trinajstić information content (AvgIpc) is 2.58. The molecule has 4 heteroatoms.